The summed E-state index contributed by atoms with van der Waals surface area (Å²) in [4.78, 5) is 35.8. The second kappa shape index (κ2) is 7.60. The molecular weight excluding hydrogens is 338 g/mol. The van der Waals surface area contributed by atoms with E-state index in [4.69, 9.17) is 0 Å². The summed E-state index contributed by atoms with van der Waals surface area (Å²) in [7, 11) is 0. The van der Waals surface area contributed by atoms with Gasteiger partial charge in [-0.15, -0.1) is 11.3 Å². The molecular formula is C17H21N5O2S. The first kappa shape index (κ1) is 17.3. The Hall–Kier alpha value is -2.48. The van der Waals surface area contributed by atoms with E-state index >= 15 is 0 Å². The van der Waals surface area contributed by atoms with Crippen molar-refractivity contribution in [2.24, 2.45) is 5.92 Å². The van der Waals surface area contributed by atoms with Crippen LogP contribution in [-0.2, 0) is 4.79 Å². The predicted octanol–water partition coefficient (Wildman–Crippen LogP) is 2.15. The zero-order chi connectivity index (χ0) is 17.8. The monoisotopic (exact) mass is 359 g/mol. The molecule has 1 aliphatic heterocycles. The fraction of sp³-hybridized carbons (Fsp3) is 0.412. The molecule has 3 rings (SSSR count). The molecule has 2 aromatic heterocycles. The Bertz CT molecular complexity index is 742. The number of anilines is 1. The van der Waals surface area contributed by atoms with E-state index in [0.29, 0.717) is 23.9 Å². The predicted molar refractivity (Wildman–Crippen MR) is 96.2 cm³/mol. The summed E-state index contributed by atoms with van der Waals surface area (Å²) in [6.07, 6.45) is 1.57. The topological polar surface area (TPSA) is 87.2 Å². The molecule has 0 bridgehead atoms. The first-order chi connectivity index (χ1) is 12.0. The van der Waals surface area contributed by atoms with Crippen molar-refractivity contribution in [3.63, 3.8) is 0 Å². The van der Waals surface area contributed by atoms with Gasteiger partial charge >= 0.3 is 0 Å². The Morgan fingerprint density at radius 1 is 1.28 bits per heavy atom. The number of piperidine rings is 1. The maximum Gasteiger partial charge on any atom is 0.263 e. The molecule has 1 atom stereocenters. The Balaban J connectivity index is 1.57. The van der Waals surface area contributed by atoms with Crippen molar-refractivity contribution in [2.75, 3.05) is 18.5 Å². The highest BCUT2D eigenvalue weighted by atomic mass is 32.1. The van der Waals surface area contributed by atoms with Crippen molar-refractivity contribution in [3.8, 4) is 0 Å². The van der Waals surface area contributed by atoms with E-state index in [9.17, 15) is 9.59 Å². The van der Waals surface area contributed by atoms with E-state index in [1.54, 1.807) is 4.90 Å². The summed E-state index contributed by atoms with van der Waals surface area (Å²) in [6.45, 7) is 4.86. The smallest absolute Gasteiger partial charge is 0.263 e. The first-order valence-corrected chi connectivity index (χ1v) is 9.12. The molecule has 0 aliphatic carbocycles. The molecule has 7 nitrogen and oxygen atoms in total. The van der Waals surface area contributed by atoms with Crippen LogP contribution in [0.2, 0.25) is 0 Å². The van der Waals surface area contributed by atoms with Gasteiger partial charge in [0.25, 0.3) is 5.91 Å². The van der Waals surface area contributed by atoms with Gasteiger partial charge in [-0.3, -0.25) is 20.4 Å². The van der Waals surface area contributed by atoms with E-state index in [-0.39, 0.29) is 17.7 Å². The fourth-order valence-corrected chi connectivity index (χ4v) is 3.62. The van der Waals surface area contributed by atoms with Gasteiger partial charge in [-0.1, -0.05) is 6.07 Å². The highest BCUT2D eigenvalue weighted by molar-refractivity contribution is 7.12. The second-order valence-electron chi connectivity index (χ2n) is 6.16. The van der Waals surface area contributed by atoms with Crippen molar-refractivity contribution < 1.29 is 9.59 Å². The molecule has 1 saturated heterocycles. The first-order valence-electron chi connectivity index (χ1n) is 8.24. The van der Waals surface area contributed by atoms with Gasteiger partial charge in [-0.25, -0.2) is 9.97 Å². The molecule has 0 saturated carbocycles. The van der Waals surface area contributed by atoms with Gasteiger partial charge in [-0.05, 0) is 44.2 Å². The summed E-state index contributed by atoms with van der Waals surface area (Å²) in [6, 6.07) is 5.54. The van der Waals surface area contributed by atoms with Gasteiger partial charge in [0.2, 0.25) is 11.9 Å². The van der Waals surface area contributed by atoms with Crippen molar-refractivity contribution >= 4 is 29.1 Å². The largest absolute Gasteiger partial charge is 0.337 e. The number of nitrogens with one attached hydrogen (secondary N) is 2. The van der Waals surface area contributed by atoms with Gasteiger partial charge in [0.15, 0.2) is 0 Å². The zero-order valence-electron chi connectivity index (χ0n) is 14.3. The lowest BCUT2D eigenvalue weighted by atomic mass is 9.97. The van der Waals surface area contributed by atoms with Crippen LogP contribution in [0, 0.1) is 19.8 Å². The molecule has 2 N–H and O–H groups in total. The molecule has 2 aromatic rings. The zero-order valence-corrected chi connectivity index (χ0v) is 15.1. The molecule has 25 heavy (non-hydrogen) atoms. The van der Waals surface area contributed by atoms with Gasteiger partial charge in [-0.2, -0.15) is 0 Å². The minimum atomic E-state index is -0.240. The molecule has 0 spiro atoms. The quantitative estimate of drug-likeness (QED) is 0.817. The number of nitrogens with zero attached hydrogens (tertiary/aromatic N) is 3. The van der Waals surface area contributed by atoms with Crippen LogP contribution in [0.25, 0.3) is 0 Å². The van der Waals surface area contributed by atoms with Crippen LogP contribution in [0.15, 0.2) is 23.6 Å². The van der Waals surface area contributed by atoms with Crippen molar-refractivity contribution in [1.29, 1.82) is 0 Å². The van der Waals surface area contributed by atoms with Crippen molar-refractivity contribution in [1.82, 2.24) is 20.3 Å². The molecule has 2 amide bonds. The maximum absolute atomic E-state index is 12.5. The van der Waals surface area contributed by atoms with E-state index < -0.39 is 0 Å². The summed E-state index contributed by atoms with van der Waals surface area (Å²) in [5.74, 6) is -0.0196. The summed E-state index contributed by atoms with van der Waals surface area (Å²) < 4.78 is 0. The van der Waals surface area contributed by atoms with Crippen molar-refractivity contribution in [3.05, 3.63) is 39.8 Å². The average Bonchev–Trinajstić information content (AvgIpc) is 3.13. The molecule has 1 unspecified atom stereocenters. The molecule has 132 valence electrons. The van der Waals surface area contributed by atoms with E-state index in [1.807, 2.05) is 37.4 Å². The SMILES string of the molecule is Cc1cc(C)nc(NNC(=O)C2CCCN(C(=O)c3cccs3)C2)n1. The van der Waals surface area contributed by atoms with Gasteiger partial charge in [0.1, 0.15) is 0 Å². The fourth-order valence-electron chi connectivity index (χ4n) is 2.93. The molecule has 1 fully saturated rings. The van der Waals surface area contributed by atoms with Crippen molar-refractivity contribution in [2.45, 2.75) is 26.7 Å². The van der Waals surface area contributed by atoms with Gasteiger partial charge in [0.05, 0.1) is 10.8 Å². The number of amides is 2. The van der Waals surface area contributed by atoms with Crippen LogP contribution in [0.3, 0.4) is 0 Å². The lowest BCUT2D eigenvalue weighted by Crippen LogP contribution is -2.46. The number of aromatic nitrogens is 2. The van der Waals surface area contributed by atoms with Crippen LogP contribution in [0.4, 0.5) is 5.95 Å². The lowest BCUT2D eigenvalue weighted by molar-refractivity contribution is -0.125. The standard InChI is InChI=1S/C17H21N5O2S/c1-11-9-12(2)19-17(18-11)21-20-15(23)13-5-3-7-22(10-13)16(24)14-6-4-8-25-14/h4,6,8-9,13H,3,5,7,10H2,1-2H3,(H,20,23)(H,18,19,21). The molecule has 1 aliphatic rings. The summed E-state index contributed by atoms with van der Waals surface area (Å²) in [5.41, 5.74) is 7.10. The number of aryl methyl sites for hydroxylation is 2. The highest BCUT2D eigenvalue weighted by Crippen LogP contribution is 2.20. The molecule has 0 radical (unpaired) electrons. The minimum Gasteiger partial charge on any atom is -0.337 e. The lowest BCUT2D eigenvalue weighted by Gasteiger charge is -2.31. The van der Waals surface area contributed by atoms with E-state index in [0.717, 1.165) is 24.2 Å². The highest BCUT2D eigenvalue weighted by Gasteiger charge is 2.29. The van der Waals surface area contributed by atoms with E-state index in [1.165, 1.54) is 11.3 Å². The number of likely N-dealkylation sites (tertiary alicyclic amines) is 1. The van der Waals surface area contributed by atoms with Gasteiger partial charge < -0.3 is 4.90 Å². The second-order valence-corrected chi connectivity index (χ2v) is 7.10. The van der Waals surface area contributed by atoms with Crippen LogP contribution >= 0.6 is 11.3 Å². The Morgan fingerprint density at radius 2 is 2.04 bits per heavy atom. The Kier molecular flexibility index (Phi) is 5.28. The van der Waals surface area contributed by atoms with Crippen LogP contribution < -0.4 is 10.9 Å². The molecule has 0 aromatic carbocycles. The number of thiophene rings is 1. The third-order valence-corrected chi connectivity index (χ3v) is 4.95. The number of hydrazine groups is 1. The molecule has 3 heterocycles. The normalized spacial score (nSPS) is 17.2. The Labute approximate surface area is 150 Å². The number of rotatable bonds is 4. The molecule has 8 heteroatoms. The average molecular weight is 359 g/mol. The minimum absolute atomic E-state index is 0.00176. The third-order valence-electron chi connectivity index (χ3n) is 4.09. The van der Waals surface area contributed by atoms with Crippen LogP contribution in [0.1, 0.15) is 33.9 Å². The van der Waals surface area contributed by atoms with Crippen LogP contribution in [-0.4, -0.2) is 39.8 Å². The van der Waals surface area contributed by atoms with Gasteiger partial charge in [0, 0.05) is 24.5 Å². The number of hydrogen-bond donors (Lipinski definition) is 2. The van der Waals surface area contributed by atoms with Crippen LogP contribution in [0.5, 0.6) is 0 Å². The maximum atomic E-state index is 12.5. The summed E-state index contributed by atoms with van der Waals surface area (Å²) >= 11 is 1.42. The number of carbonyl (C=O) groups is 2. The summed E-state index contributed by atoms with van der Waals surface area (Å²) in [5, 5.41) is 1.88. The third kappa shape index (κ3) is 4.33. The van der Waals surface area contributed by atoms with E-state index in [2.05, 4.69) is 20.8 Å². The number of hydrogen-bond acceptors (Lipinski definition) is 6. The number of carbonyl (C=O) groups excluding carboxylic acids is 2. The Morgan fingerprint density at radius 3 is 2.72 bits per heavy atom.